The minimum absolute atomic E-state index is 0. The number of Topliss-reactive ketones (excluding diaryl/α,β-unsaturated/α-hetero) is 1. The number of carbonyl (C=O) groups is 2. The maximum atomic E-state index is 14.1. The molecule has 3 rings (SSSR count). The van der Waals surface area contributed by atoms with Gasteiger partial charge in [-0.1, -0.05) is 40.3 Å². The first-order valence-electron chi connectivity index (χ1n) is 18.9. The summed E-state index contributed by atoms with van der Waals surface area (Å²) in [7, 11) is 5.18. The molecule has 0 bridgehead atoms. The molecular formula is C38H72N2O15S. The molecular weight excluding hydrogens is 756 g/mol. The van der Waals surface area contributed by atoms with Gasteiger partial charge in [-0.3, -0.25) is 9.59 Å². The first-order valence-corrected chi connectivity index (χ1v) is 19.4. The monoisotopic (exact) mass is 828 g/mol. The van der Waals surface area contributed by atoms with E-state index in [1.165, 1.54) is 33.3 Å². The van der Waals surface area contributed by atoms with Crippen molar-refractivity contribution in [2.75, 3.05) is 21.2 Å². The number of hydrogen-bond donors (Lipinski definition) is 6. The van der Waals surface area contributed by atoms with Crippen LogP contribution >= 0.6 is 12.6 Å². The van der Waals surface area contributed by atoms with Gasteiger partial charge in [0, 0.05) is 37.3 Å². The second kappa shape index (κ2) is 22.2. The van der Waals surface area contributed by atoms with Crippen molar-refractivity contribution < 1.29 is 74.5 Å². The number of thiol groups is 1. The molecule has 0 amide bonds. The van der Waals surface area contributed by atoms with Crippen LogP contribution in [-0.4, -0.2) is 159 Å². The van der Waals surface area contributed by atoms with E-state index in [1.54, 1.807) is 41.5 Å². The minimum atomic E-state index is -1.99. The lowest BCUT2D eigenvalue weighted by Crippen LogP contribution is -2.61. The van der Waals surface area contributed by atoms with Crippen molar-refractivity contribution in [1.82, 2.24) is 4.90 Å². The van der Waals surface area contributed by atoms with E-state index in [4.69, 9.17) is 33.7 Å². The number of ether oxygens (including phenoxy) is 6. The smallest absolute Gasteiger partial charge is 0.311 e. The molecule has 3 fully saturated rings. The predicted molar refractivity (Wildman–Crippen MR) is 208 cm³/mol. The minimum Gasteiger partial charge on any atom is -0.459 e. The Balaban J connectivity index is 0.00000585. The Morgan fingerprint density at radius 2 is 1.48 bits per heavy atom. The van der Waals surface area contributed by atoms with Gasteiger partial charge in [-0.15, -0.1) is 0 Å². The summed E-state index contributed by atoms with van der Waals surface area (Å²) in [5, 5.41) is 66.2. The SMILES string of the molecule is CC[C@H]1OC(=O)[C@H](C)[C@@H](O[C@H]2C[C@@](C)(OC)[C@@H](O)[C@H](C)O2)[C@@H](C)[C@@H](O[C@@H]2O[C@H](C)C[C@H](N(C)C)[C@H]2O)[C@](C)(O)C[C@@H](C)C(=O)[C@H](C)[C@H](O)[C@]1(C)O.N#CS.O.O. The summed E-state index contributed by atoms with van der Waals surface area (Å²) in [6.45, 7) is 16.3. The maximum Gasteiger partial charge on any atom is 0.311 e. The maximum absolute atomic E-state index is 14.1. The van der Waals surface area contributed by atoms with E-state index in [1.807, 2.05) is 25.9 Å². The molecule has 56 heavy (non-hydrogen) atoms. The van der Waals surface area contributed by atoms with Crippen LogP contribution in [0.25, 0.3) is 0 Å². The number of aliphatic hydroxyl groups excluding tert-OH is 3. The van der Waals surface area contributed by atoms with Gasteiger partial charge >= 0.3 is 5.97 Å². The summed E-state index contributed by atoms with van der Waals surface area (Å²) in [4.78, 5) is 29.8. The number of aliphatic hydroxyl groups is 5. The van der Waals surface area contributed by atoms with Crippen LogP contribution in [0.5, 0.6) is 0 Å². The molecule has 0 aromatic rings. The number of carbonyl (C=O) groups excluding carboxylic acids is 2. The quantitative estimate of drug-likeness (QED) is 0.116. The zero-order chi connectivity index (χ0) is 41.7. The van der Waals surface area contributed by atoms with Crippen LogP contribution in [0.3, 0.4) is 0 Å². The van der Waals surface area contributed by atoms with E-state index in [0.717, 1.165) is 0 Å². The summed E-state index contributed by atoms with van der Waals surface area (Å²) in [5.41, 5.74) is -4.84. The number of ketones is 1. The molecule has 18 heteroatoms. The van der Waals surface area contributed by atoms with Crippen molar-refractivity contribution in [1.29, 1.82) is 5.26 Å². The number of nitrogens with zero attached hydrogens (tertiary/aromatic N) is 2. The number of cyclic esters (lactones) is 1. The lowest BCUT2D eigenvalue weighted by molar-refractivity contribution is -0.318. The molecule has 9 N–H and O–H groups in total. The fourth-order valence-electron chi connectivity index (χ4n) is 8.41. The molecule has 0 spiro atoms. The highest BCUT2D eigenvalue weighted by molar-refractivity contribution is 7.85. The van der Waals surface area contributed by atoms with Crippen molar-refractivity contribution in [2.24, 2.45) is 23.7 Å². The first kappa shape index (κ1) is 54.5. The lowest BCUT2D eigenvalue weighted by atomic mass is 9.74. The molecule has 17 nitrogen and oxygen atoms in total. The van der Waals surface area contributed by atoms with Gasteiger partial charge in [-0.05, 0) is 74.9 Å². The van der Waals surface area contributed by atoms with Gasteiger partial charge < -0.3 is 69.8 Å². The highest BCUT2D eigenvalue weighted by atomic mass is 32.1. The number of thiocyanates is 1. The van der Waals surface area contributed by atoms with E-state index in [9.17, 15) is 35.1 Å². The van der Waals surface area contributed by atoms with E-state index >= 15 is 0 Å². The van der Waals surface area contributed by atoms with E-state index in [2.05, 4.69) is 12.6 Å². The molecule has 0 aromatic heterocycles. The van der Waals surface area contributed by atoms with Gasteiger partial charge in [0.2, 0.25) is 0 Å². The summed E-state index contributed by atoms with van der Waals surface area (Å²) in [6, 6.07) is -0.324. The average Bonchev–Trinajstić information content (AvgIpc) is 3.09. The second-order valence-corrected chi connectivity index (χ2v) is 16.8. The van der Waals surface area contributed by atoms with Crippen LogP contribution in [0.1, 0.15) is 94.9 Å². The number of rotatable bonds is 7. The van der Waals surface area contributed by atoms with Crippen molar-refractivity contribution in [2.45, 2.75) is 179 Å². The molecule has 0 radical (unpaired) electrons. The van der Waals surface area contributed by atoms with Crippen LogP contribution in [0.15, 0.2) is 0 Å². The van der Waals surface area contributed by atoms with Gasteiger partial charge in [0.15, 0.2) is 12.6 Å². The second-order valence-electron chi connectivity index (χ2n) is 16.6. The Kier molecular flexibility index (Phi) is 21.6. The largest absolute Gasteiger partial charge is 0.459 e. The Labute approximate surface area is 337 Å². The molecule has 18 atom stereocenters. The topological polar surface area (TPSA) is 281 Å². The molecule has 3 aliphatic heterocycles. The Morgan fingerprint density at radius 1 is 0.929 bits per heavy atom. The van der Waals surface area contributed by atoms with Crippen LogP contribution in [-0.2, 0) is 38.0 Å². The van der Waals surface area contributed by atoms with Crippen molar-refractivity contribution >= 4 is 24.4 Å². The molecule has 3 heterocycles. The molecule has 0 saturated carbocycles. The molecule has 330 valence electrons. The third-order valence-electron chi connectivity index (χ3n) is 11.8. The van der Waals surface area contributed by atoms with Gasteiger partial charge in [-0.25, -0.2) is 0 Å². The summed E-state index contributed by atoms with van der Waals surface area (Å²) >= 11 is 3.09. The van der Waals surface area contributed by atoms with E-state index in [0.29, 0.717) is 6.42 Å². The highest BCUT2D eigenvalue weighted by Crippen LogP contribution is 2.40. The van der Waals surface area contributed by atoms with Gasteiger partial charge in [-0.2, -0.15) is 5.26 Å². The number of hydrogen-bond acceptors (Lipinski definition) is 16. The normalized spacial score (nSPS) is 45.4. The third-order valence-corrected chi connectivity index (χ3v) is 11.8. The number of likely N-dealkylation sites (N-methyl/N-ethyl adjacent to an activating group) is 1. The van der Waals surface area contributed by atoms with E-state index in [-0.39, 0.29) is 42.4 Å². The first-order chi connectivity index (χ1) is 24.8. The van der Waals surface area contributed by atoms with Crippen LogP contribution in [0.2, 0.25) is 0 Å². The van der Waals surface area contributed by atoms with Crippen LogP contribution in [0.4, 0.5) is 0 Å². The molecule has 3 saturated heterocycles. The van der Waals surface area contributed by atoms with Gasteiger partial charge in [0.1, 0.15) is 35.1 Å². The fraction of sp³-hybridized carbons (Fsp3) is 0.921. The van der Waals surface area contributed by atoms with Crippen molar-refractivity contribution in [3.05, 3.63) is 0 Å². The van der Waals surface area contributed by atoms with Gasteiger partial charge in [0.05, 0.1) is 47.6 Å². The Morgan fingerprint density at radius 3 is 1.98 bits per heavy atom. The summed E-state index contributed by atoms with van der Waals surface area (Å²) in [6.07, 6.45) is -9.71. The summed E-state index contributed by atoms with van der Waals surface area (Å²) in [5.74, 6) is -4.98. The van der Waals surface area contributed by atoms with Crippen LogP contribution in [0, 0.1) is 34.3 Å². The van der Waals surface area contributed by atoms with Crippen molar-refractivity contribution in [3.63, 3.8) is 0 Å². The molecule has 3 aliphatic rings. The zero-order valence-corrected chi connectivity index (χ0v) is 36.2. The highest BCUT2D eigenvalue weighted by Gasteiger charge is 2.53. The van der Waals surface area contributed by atoms with E-state index < -0.39 is 108 Å². The summed E-state index contributed by atoms with van der Waals surface area (Å²) < 4.78 is 37.1. The lowest BCUT2D eigenvalue weighted by Gasteiger charge is -2.49. The van der Waals surface area contributed by atoms with Crippen LogP contribution < -0.4 is 0 Å². The Bertz CT molecular complexity index is 1270. The fourth-order valence-corrected chi connectivity index (χ4v) is 8.41. The number of nitriles is 1. The molecule has 0 aliphatic carbocycles. The predicted octanol–water partition coefficient (Wildman–Crippen LogP) is 0.533. The average molecular weight is 829 g/mol. The Hall–Kier alpha value is -1.54. The number of methoxy groups -OCH3 is 1. The van der Waals surface area contributed by atoms with Crippen molar-refractivity contribution in [3.8, 4) is 5.40 Å². The van der Waals surface area contributed by atoms with Gasteiger partial charge in [0.25, 0.3) is 0 Å². The number of esters is 1. The third kappa shape index (κ3) is 12.5. The standard InChI is InChI=1S/C37H67NO13.CHNS.2H2O/c1-14-25-37(10,45)30(41)20(4)27(39)18(2)16-35(8,44)32(51-34-28(40)24(38(11)12)15-19(3)47-34)21(5)29(22(6)33(43)49-25)50-26-17-36(9,46-13)31(42)23(7)48-26;2-1-3;;/h18-26,28-32,34,40-42,44-45H,14-17H2,1-13H3;3H;2*1H2/t18-,19-,20+,21-,22-,23+,24+,25-,26+,28-,29+,30+,31+,32-,34+,35-,36-,37-;;;/m1.../s1. The zero-order valence-electron chi connectivity index (χ0n) is 35.3. The molecule has 0 aromatic carbocycles. The molecule has 0 unspecified atom stereocenters.